The number of imidazole rings is 1. The highest BCUT2D eigenvalue weighted by molar-refractivity contribution is 5.81. The molecule has 0 radical (unpaired) electrons. The van der Waals surface area contributed by atoms with Crippen molar-refractivity contribution in [1.29, 1.82) is 0 Å². The first-order chi connectivity index (χ1) is 14.8. The molecular formula is C21H16F3N5O2. The number of fused-ring (bicyclic) bond motifs is 1. The summed E-state index contributed by atoms with van der Waals surface area (Å²) in [5, 5.41) is 5.74. The number of nitrogens with zero attached hydrogens (tertiary/aromatic N) is 4. The van der Waals surface area contributed by atoms with Crippen molar-refractivity contribution < 1.29 is 17.9 Å². The Hall–Kier alpha value is -3.95. The van der Waals surface area contributed by atoms with E-state index in [1.54, 1.807) is 48.0 Å². The van der Waals surface area contributed by atoms with Crippen LogP contribution in [-0.4, -0.2) is 14.5 Å². The third-order valence-corrected chi connectivity index (χ3v) is 4.55. The van der Waals surface area contributed by atoms with E-state index in [9.17, 15) is 18.1 Å². The zero-order valence-corrected chi connectivity index (χ0v) is 16.2. The minimum absolute atomic E-state index is 0.0545. The number of benzene rings is 2. The van der Waals surface area contributed by atoms with E-state index < -0.39 is 11.7 Å². The van der Waals surface area contributed by atoms with Gasteiger partial charge in [0, 0.05) is 31.1 Å². The number of nitrogens with one attached hydrogen (secondary N) is 1. The molecule has 0 saturated carbocycles. The Labute approximate surface area is 174 Å². The molecule has 0 atom stereocenters. The van der Waals surface area contributed by atoms with Crippen LogP contribution in [0.3, 0.4) is 0 Å². The Balaban J connectivity index is 1.59. The van der Waals surface area contributed by atoms with Crippen LogP contribution in [0.15, 0.2) is 66.0 Å². The molecule has 1 N–H and O–H groups in total. The molecule has 0 aliphatic carbocycles. The minimum atomic E-state index is -4.43. The first-order valence-electron chi connectivity index (χ1n) is 9.16. The molecule has 2 heterocycles. The fourth-order valence-electron chi connectivity index (χ4n) is 3.07. The normalized spacial score (nSPS) is 11.5. The van der Waals surface area contributed by atoms with Crippen LogP contribution >= 0.6 is 0 Å². The van der Waals surface area contributed by atoms with E-state index in [0.29, 0.717) is 28.7 Å². The topological polar surface area (TPSA) is 81.4 Å². The molecule has 31 heavy (non-hydrogen) atoms. The van der Waals surface area contributed by atoms with Gasteiger partial charge in [0.25, 0.3) is 0 Å². The Morgan fingerprint density at radius 3 is 2.68 bits per heavy atom. The molecule has 7 nitrogen and oxygen atoms in total. The Morgan fingerprint density at radius 2 is 1.90 bits per heavy atom. The lowest BCUT2D eigenvalue weighted by Gasteiger charge is -2.10. The number of halogens is 3. The maximum atomic E-state index is 13.0. The van der Waals surface area contributed by atoms with E-state index >= 15 is 0 Å². The number of alkyl halides is 3. The summed E-state index contributed by atoms with van der Waals surface area (Å²) >= 11 is 0. The zero-order chi connectivity index (χ0) is 22.0. The summed E-state index contributed by atoms with van der Waals surface area (Å²) in [5.74, 6) is 1.38. The monoisotopic (exact) mass is 427 g/mol. The fourth-order valence-corrected chi connectivity index (χ4v) is 3.07. The molecule has 0 aliphatic rings. The van der Waals surface area contributed by atoms with E-state index in [4.69, 9.17) is 4.74 Å². The highest BCUT2D eigenvalue weighted by Gasteiger charge is 2.30. The summed E-state index contributed by atoms with van der Waals surface area (Å²) in [6.07, 6.45) is -2.91. The van der Waals surface area contributed by atoms with Crippen LogP contribution in [0.5, 0.6) is 11.5 Å². The number of hydrogen-bond acceptors (Lipinski definition) is 6. The van der Waals surface area contributed by atoms with E-state index in [-0.39, 0.29) is 12.2 Å². The third kappa shape index (κ3) is 4.47. The molecule has 0 fully saturated rings. The van der Waals surface area contributed by atoms with Crippen molar-refractivity contribution in [2.45, 2.75) is 12.7 Å². The number of aromatic nitrogens is 3. The summed E-state index contributed by atoms with van der Waals surface area (Å²) < 4.78 is 46.4. The maximum Gasteiger partial charge on any atom is 0.416 e. The predicted octanol–water partition coefficient (Wildman–Crippen LogP) is 5.79. The van der Waals surface area contributed by atoms with Crippen molar-refractivity contribution >= 4 is 22.7 Å². The van der Waals surface area contributed by atoms with Crippen LogP contribution in [0.4, 0.5) is 24.8 Å². The van der Waals surface area contributed by atoms with Gasteiger partial charge in [-0.2, -0.15) is 18.1 Å². The van der Waals surface area contributed by atoms with Gasteiger partial charge in [-0.15, -0.1) is 0 Å². The molecule has 0 aliphatic heterocycles. The van der Waals surface area contributed by atoms with Gasteiger partial charge >= 0.3 is 6.18 Å². The number of anilines is 2. The van der Waals surface area contributed by atoms with Crippen LogP contribution in [-0.2, 0) is 19.8 Å². The van der Waals surface area contributed by atoms with Crippen molar-refractivity contribution in [3.63, 3.8) is 0 Å². The maximum absolute atomic E-state index is 13.0. The Bertz CT molecular complexity index is 1250. The van der Waals surface area contributed by atoms with Gasteiger partial charge in [-0.25, -0.2) is 4.98 Å². The average Bonchev–Trinajstić information content (AvgIpc) is 3.03. The molecular weight excluding hydrogens is 411 g/mol. The Kier molecular flexibility index (Phi) is 5.28. The lowest BCUT2D eigenvalue weighted by molar-refractivity contribution is -0.137. The van der Waals surface area contributed by atoms with Crippen LogP contribution in [0, 0.1) is 4.91 Å². The molecule has 2 aromatic carbocycles. The van der Waals surface area contributed by atoms with Gasteiger partial charge in [-0.3, -0.25) is 4.98 Å². The minimum Gasteiger partial charge on any atom is -0.457 e. The van der Waals surface area contributed by atoms with E-state index in [0.717, 1.165) is 17.6 Å². The van der Waals surface area contributed by atoms with Crippen LogP contribution in [0.2, 0.25) is 0 Å². The van der Waals surface area contributed by atoms with Gasteiger partial charge in [-0.1, -0.05) is 11.2 Å². The van der Waals surface area contributed by atoms with Crippen LogP contribution in [0.25, 0.3) is 11.0 Å². The van der Waals surface area contributed by atoms with Crippen molar-refractivity contribution in [2.24, 2.45) is 12.2 Å². The highest BCUT2D eigenvalue weighted by atomic mass is 19.4. The van der Waals surface area contributed by atoms with E-state index in [1.807, 2.05) is 0 Å². The summed E-state index contributed by atoms with van der Waals surface area (Å²) in [4.78, 5) is 18.9. The van der Waals surface area contributed by atoms with Crippen LogP contribution < -0.4 is 10.1 Å². The number of rotatable bonds is 6. The number of pyridine rings is 1. The van der Waals surface area contributed by atoms with Crippen molar-refractivity contribution in [2.75, 3.05) is 5.32 Å². The fraction of sp³-hybridized carbons (Fsp3) is 0.143. The largest absolute Gasteiger partial charge is 0.457 e. The number of ether oxygens (including phenoxy) is 1. The lowest BCUT2D eigenvalue weighted by Crippen LogP contribution is -2.06. The van der Waals surface area contributed by atoms with Gasteiger partial charge in [0.1, 0.15) is 18.0 Å². The molecule has 4 aromatic rings. The van der Waals surface area contributed by atoms with Crippen molar-refractivity contribution in [3.05, 3.63) is 77.0 Å². The van der Waals surface area contributed by atoms with Gasteiger partial charge < -0.3 is 14.6 Å². The SMILES string of the molecule is Cn1c(Nc2cccc(C(F)(F)F)c2)nc2cc(Oc3ccnc(CN=O)c3)ccc21. The second-order valence-electron chi connectivity index (χ2n) is 6.72. The molecule has 10 heteroatoms. The van der Waals surface area contributed by atoms with Gasteiger partial charge in [0.15, 0.2) is 0 Å². The van der Waals surface area contributed by atoms with Crippen LogP contribution in [0.1, 0.15) is 11.3 Å². The smallest absolute Gasteiger partial charge is 0.416 e. The Morgan fingerprint density at radius 1 is 1.10 bits per heavy atom. The summed E-state index contributed by atoms with van der Waals surface area (Å²) in [7, 11) is 1.76. The summed E-state index contributed by atoms with van der Waals surface area (Å²) in [6, 6.07) is 13.4. The van der Waals surface area contributed by atoms with Crippen molar-refractivity contribution in [1.82, 2.24) is 14.5 Å². The molecule has 0 spiro atoms. The van der Waals surface area contributed by atoms with Crippen molar-refractivity contribution in [3.8, 4) is 11.5 Å². The van der Waals surface area contributed by atoms with E-state index in [1.165, 1.54) is 12.3 Å². The molecule has 0 unspecified atom stereocenters. The molecule has 2 aromatic heterocycles. The molecule has 4 rings (SSSR count). The first kappa shape index (κ1) is 20.3. The predicted molar refractivity (Wildman–Crippen MR) is 109 cm³/mol. The molecule has 0 amide bonds. The molecule has 0 saturated heterocycles. The summed E-state index contributed by atoms with van der Waals surface area (Å²) in [6.45, 7) is -0.0545. The highest BCUT2D eigenvalue weighted by Crippen LogP contribution is 2.32. The molecule has 158 valence electrons. The van der Waals surface area contributed by atoms with Gasteiger partial charge in [0.2, 0.25) is 5.95 Å². The van der Waals surface area contributed by atoms with Gasteiger partial charge in [0.05, 0.1) is 22.3 Å². The quantitative estimate of drug-likeness (QED) is 0.394. The summed E-state index contributed by atoms with van der Waals surface area (Å²) in [5.41, 5.74) is 1.38. The molecule has 0 bridgehead atoms. The van der Waals surface area contributed by atoms with Gasteiger partial charge in [-0.05, 0) is 36.4 Å². The first-order valence-corrected chi connectivity index (χ1v) is 9.16. The lowest BCUT2D eigenvalue weighted by atomic mass is 10.2. The standard InChI is InChI=1S/C21H16F3N5O2/c1-29-19-6-5-16(31-17-7-8-25-15(10-17)12-26-30)11-18(19)28-20(29)27-14-4-2-3-13(9-14)21(22,23)24/h2-11H,12H2,1H3,(H,27,28). The number of nitroso groups, excluding NO2 is 1. The van der Waals surface area contributed by atoms with E-state index in [2.05, 4.69) is 20.5 Å². The third-order valence-electron chi connectivity index (χ3n) is 4.55. The average molecular weight is 427 g/mol. The second kappa shape index (κ2) is 8.05. The zero-order valence-electron chi connectivity index (χ0n) is 16.2. The number of aryl methyl sites for hydroxylation is 1. The second-order valence-corrected chi connectivity index (χ2v) is 6.72. The number of hydrogen-bond donors (Lipinski definition) is 1.